The van der Waals surface area contributed by atoms with Crippen molar-refractivity contribution < 1.29 is 19.4 Å². The fraction of sp³-hybridized carbons (Fsp3) is 0.455. The van der Waals surface area contributed by atoms with Crippen LogP contribution in [-0.2, 0) is 16.1 Å². The summed E-state index contributed by atoms with van der Waals surface area (Å²) in [5.74, 6) is -0.707. The maximum atomic E-state index is 10.6. The van der Waals surface area contributed by atoms with Gasteiger partial charge in [-0.1, -0.05) is 0 Å². The van der Waals surface area contributed by atoms with E-state index in [9.17, 15) is 4.79 Å². The van der Waals surface area contributed by atoms with Crippen molar-refractivity contribution in [3.05, 3.63) is 6.33 Å². The molecule has 108 valence electrons. The van der Waals surface area contributed by atoms with Gasteiger partial charge in [-0.15, -0.1) is 0 Å². The monoisotopic (exact) mass is 281 g/mol. The number of carboxylic acids is 1. The maximum absolute atomic E-state index is 10.6. The molecule has 0 amide bonds. The SMILES string of the molecule is COCCOc1nc(N)c2ncn(CCC(=O)O)c2n1. The quantitative estimate of drug-likeness (QED) is 0.674. The number of aryl methyl sites for hydroxylation is 1. The molecular formula is C11H15N5O4. The van der Waals surface area contributed by atoms with Gasteiger partial charge in [0.25, 0.3) is 0 Å². The number of fused-ring (bicyclic) bond motifs is 1. The number of aliphatic carboxylic acids is 1. The Balaban J connectivity index is 2.25. The Morgan fingerprint density at radius 1 is 1.45 bits per heavy atom. The smallest absolute Gasteiger partial charge is 0.320 e. The summed E-state index contributed by atoms with van der Waals surface area (Å²) in [7, 11) is 1.56. The van der Waals surface area contributed by atoms with Gasteiger partial charge in [0.1, 0.15) is 6.61 Å². The highest BCUT2D eigenvalue weighted by Crippen LogP contribution is 2.19. The molecule has 0 bridgehead atoms. The molecule has 0 spiro atoms. The number of ether oxygens (including phenoxy) is 2. The average molecular weight is 281 g/mol. The van der Waals surface area contributed by atoms with Gasteiger partial charge in [0, 0.05) is 13.7 Å². The summed E-state index contributed by atoms with van der Waals surface area (Å²) in [6.07, 6.45) is 1.45. The van der Waals surface area contributed by atoms with Gasteiger partial charge in [0.15, 0.2) is 17.0 Å². The van der Waals surface area contributed by atoms with Crippen molar-refractivity contribution in [3.8, 4) is 6.01 Å². The predicted octanol–water partition coefficient (Wildman–Crippen LogP) is -0.0916. The first-order valence-corrected chi connectivity index (χ1v) is 5.93. The van der Waals surface area contributed by atoms with Gasteiger partial charge >= 0.3 is 12.0 Å². The molecule has 2 heterocycles. The largest absolute Gasteiger partial charge is 0.481 e. The Kier molecular flexibility index (Phi) is 4.31. The van der Waals surface area contributed by atoms with Crippen LogP contribution in [0.5, 0.6) is 6.01 Å². The summed E-state index contributed by atoms with van der Waals surface area (Å²) in [4.78, 5) is 22.8. The van der Waals surface area contributed by atoms with Gasteiger partial charge < -0.3 is 24.9 Å². The standard InChI is InChI=1S/C11H15N5O4/c1-19-4-5-20-11-14-9(12)8-10(15-11)16(6-13-8)3-2-7(17)18/h6H,2-5H2,1H3,(H,17,18)(H2,12,14,15). The second-order valence-corrected chi connectivity index (χ2v) is 3.99. The zero-order chi connectivity index (χ0) is 14.5. The second kappa shape index (κ2) is 6.15. The number of methoxy groups -OCH3 is 1. The third-order valence-electron chi connectivity index (χ3n) is 2.56. The minimum atomic E-state index is -0.898. The fourth-order valence-corrected chi connectivity index (χ4v) is 1.61. The molecule has 0 fully saturated rings. The number of hydrogen-bond acceptors (Lipinski definition) is 7. The van der Waals surface area contributed by atoms with E-state index in [1.165, 1.54) is 6.33 Å². The topological polar surface area (TPSA) is 125 Å². The van der Waals surface area contributed by atoms with Crippen molar-refractivity contribution in [2.24, 2.45) is 0 Å². The van der Waals surface area contributed by atoms with Gasteiger partial charge in [0.05, 0.1) is 19.4 Å². The minimum absolute atomic E-state index is 0.0325. The highest BCUT2D eigenvalue weighted by molar-refractivity contribution is 5.82. The summed E-state index contributed by atoms with van der Waals surface area (Å²) in [6.45, 7) is 0.948. The van der Waals surface area contributed by atoms with Gasteiger partial charge in [0.2, 0.25) is 0 Å². The first-order valence-electron chi connectivity index (χ1n) is 5.93. The van der Waals surface area contributed by atoms with Gasteiger partial charge in [-0.05, 0) is 0 Å². The van der Waals surface area contributed by atoms with Gasteiger partial charge in [-0.25, -0.2) is 4.98 Å². The number of carboxylic acid groups (broad SMARTS) is 1. The van der Waals surface area contributed by atoms with Crippen LogP contribution in [0.15, 0.2) is 6.33 Å². The predicted molar refractivity (Wildman–Crippen MR) is 69.4 cm³/mol. The summed E-state index contributed by atoms with van der Waals surface area (Å²) >= 11 is 0. The molecule has 0 aliphatic rings. The van der Waals surface area contributed by atoms with E-state index in [1.807, 2.05) is 0 Å². The Morgan fingerprint density at radius 2 is 2.25 bits per heavy atom. The Labute approximate surface area is 114 Å². The van der Waals surface area contributed by atoms with Crippen molar-refractivity contribution in [2.45, 2.75) is 13.0 Å². The molecule has 0 unspecified atom stereocenters. The van der Waals surface area contributed by atoms with Crippen LogP contribution in [0.1, 0.15) is 6.42 Å². The lowest BCUT2D eigenvalue weighted by Crippen LogP contribution is -2.09. The molecule has 2 rings (SSSR count). The van der Waals surface area contributed by atoms with Crippen molar-refractivity contribution >= 4 is 23.0 Å². The van der Waals surface area contributed by atoms with E-state index < -0.39 is 5.97 Å². The van der Waals surface area contributed by atoms with E-state index in [2.05, 4.69) is 15.0 Å². The molecule has 9 heteroatoms. The minimum Gasteiger partial charge on any atom is -0.481 e. The molecule has 0 atom stereocenters. The molecule has 2 aromatic heterocycles. The summed E-state index contributed by atoms with van der Waals surface area (Å²) < 4.78 is 11.8. The number of anilines is 1. The van der Waals surface area contributed by atoms with E-state index in [0.29, 0.717) is 24.4 Å². The Hall–Kier alpha value is -2.42. The van der Waals surface area contributed by atoms with Crippen LogP contribution in [0.25, 0.3) is 11.2 Å². The number of carbonyl (C=O) groups is 1. The highest BCUT2D eigenvalue weighted by Gasteiger charge is 2.12. The zero-order valence-corrected chi connectivity index (χ0v) is 10.9. The van der Waals surface area contributed by atoms with Crippen LogP contribution >= 0.6 is 0 Å². The first kappa shape index (κ1) is 14.0. The first-order chi connectivity index (χ1) is 9.61. The lowest BCUT2D eigenvalue weighted by Gasteiger charge is -2.06. The second-order valence-electron chi connectivity index (χ2n) is 3.99. The molecule has 0 aliphatic heterocycles. The molecule has 0 saturated carbocycles. The molecule has 3 N–H and O–H groups in total. The molecular weight excluding hydrogens is 266 g/mol. The lowest BCUT2D eigenvalue weighted by molar-refractivity contribution is -0.137. The zero-order valence-electron chi connectivity index (χ0n) is 10.9. The van der Waals surface area contributed by atoms with E-state index in [-0.39, 0.29) is 24.8 Å². The van der Waals surface area contributed by atoms with Crippen molar-refractivity contribution in [1.82, 2.24) is 19.5 Å². The molecule has 20 heavy (non-hydrogen) atoms. The van der Waals surface area contributed by atoms with Gasteiger partial charge in [-0.2, -0.15) is 9.97 Å². The lowest BCUT2D eigenvalue weighted by atomic mass is 10.4. The van der Waals surface area contributed by atoms with Crippen LogP contribution in [0, 0.1) is 0 Å². The van der Waals surface area contributed by atoms with E-state index >= 15 is 0 Å². The van der Waals surface area contributed by atoms with Crippen LogP contribution in [0.3, 0.4) is 0 Å². The number of nitrogen functional groups attached to an aromatic ring is 1. The number of rotatable bonds is 7. The number of nitrogens with two attached hydrogens (primary N) is 1. The van der Waals surface area contributed by atoms with E-state index in [4.69, 9.17) is 20.3 Å². The van der Waals surface area contributed by atoms with Crippen LogP contribution in [0.4, 0.5) is 5.82 Å². The number of aromatic nitrogens is 4. The van der Waals surface area contributed by atoms with Crippen molar-refractivity contribution in [3.63, 3.8) is 0 Å². The fourth-order valence-electron chi connectivity index (χ4n) is 1.61. The average Bonchev–Trinajstić information content (AvgIpc) is 2.80. The number of nitrogens with zero attached hydrogens (tertiary/aromatic N) is 4. The van der Waals surface area contributed by atoms with Crippen LogP contribution in [-0.4, -0.2) is 50.9 Å². The summed E-state index contributed by atoms with van der Waals surface area (Å²) in [6, 6.07) is 0.115. The number of imidazole rings is 1. The summed E-state index contributed by atoms with van der Waals surface area (Å²) in [5, 5.41) is 8.71. The van der Waals surface area contributed by atoms with Crippen molar-refractivity contribution in [2.75, 3.05) is 26.1 Å². The molecule has 0 aliphatic carbocycles. The van der Waals surface area contributed by atoms with Crippen LogP contribution in [0.2, 0.25) is 0 Å². The normalized spacial score (nSPS) is 10.8. The molecule has 0 saturated heterocycles. The molecule has 0 radical (unpaired) electrons. The third kappa shape index (κ3) is 3.12. The Morgan fingerprint density at radius 3 is 2.95 bits per heavy atom. The number of hydrogen-bond donors (Lipinski definition) is 2. The maximum Gasteiger partial charge on any atom is 0.320 e. The summed E-state index contributed by atoms with van der Waals surface area (Å²) in [5.41, 5.74) is 6.65. The van der Waals surface area contributed by atoms with Crippen molar-refractivity contribution in [1.29, 1.82) is 0 Å². The Bertz CT molecular complexity index is 612. The van der Waals surface area contributed by atoms with E-state index in [1.54, 1.807) is 11.7 Å². The third-order valence-corrected chi connectivity index (χ3v) is 2.56. The molecule has 0 aromatic carbocycles. The van der Waals surface area contributed by atoms with Crippen LogP contribution < -0.4 is 10.5 Å². The highest BCUT2D eigenvalue weighted by atomic mass is 16.5. The molecule has 9 nitrogen and oxygen atoms in total. The van der Waals surface area contributed by atoms with E-state index in [0.717, 1.165) is 0 Å². The molecule has 2 aromatic rings. The van der Waals surface area contributed by atoms with Gasteiger partial charge in [-0.3, -0.25) is 4.79 Å².